The Labute approximate surface area is 90.4 Å². The van der Waals surface area contributed by atoms with E-state index in [4.69, 9.17) is 5.73 Å². The van der Waals surface area contributed by atoms with Crippen LogP contribution in [-0.4, -0.2) is 6.54 Å². The van der Waals surface area contributed by atoms with Crippen LogP contribution >= 0.6 is 15.9 Å². The summed E-state index contributed by atoms with van der Waals surface area (Å²) in [4.78, 5) is 0. The number of aryl methyl sites for hydroxylation is 1. The SMILES string of the molecule is NCCCCc1ccc(Br)c(F)c1F. The summed E-state index contributed by atoms with van der Waals surface area (Å²) >= 11 is 2.93. The molecule has 0 radical (unpaired) electrons. The summed E-state index contributed by atoms with van der Waals surface area (Å²) in [5.41, 5.74) is 5.73. The highest BCUT2D eigenvalue weighted by molar-refractivity contribution is 9.10. The molecule has 0 heterocycles. The van der Waals surface area contributed by atoms with E-state index in [-0.39, 0.29) is 4.47 Å². The molecule has 0 aliphatic rings. The number of halogens is 3. The van der Waals surface area contributed by atoms with Crippen LogP contribution in [0, 0.1) is 11.6 Å². The lowest BCUT2D eigenvalue weighted by atomic mass is 10.1. The van der Waals surface area contributed by atoms with Gasteiger partial charge in [0.2, 0.25) is 0 Å². The maximum absolute atomic E-state index is 13.3. The normalized spacial score (nSPS) is 10.6. The molecule has 0 unspecified atom stereocenters. The van der Waals surface area contributed by atoms with Gasteiger partial charge in [0, 0.05) is 0 Å². The van der Waals surface area contributed by atoms with Crippen molar-refractivity contribution in [2.75, 3.05) is 6.54 Å². The largest absolute Gasteiger partial charge is 0.330 e. The molecule has 0 bridgehead atoms. The fraction of sp³-hybridized carbons (Fsp3) is 0.400. The summed E-state index contributed by atoms with van der Waals surface area (Å²) in [5.74, 6) is -1.56. The highest BCUT2D eigenvalue weighted by Crippen LogP contribution is 2.21. The van der Waals surface area contributed by atoms with Crippen LogP contribution in [0.5, 0.6) is 0 Å². The van der Waals surface area contributed by atoms with Crippen molar-refractivity contribution >= 4 is 15.9 Å². The highest BCUT2D eigenvalue weighted by atomic mass is 79.9. The fourth-order valence-electron chi connectivity index (χ4n) is 1.22. The van der Waals surface area contributed by atoms with Gasteiger partial charge < -0.3 is 5.73 Å². The van der Waals surface area contributed by atoms with Gasteiger partial charge in [0.1, 0.15) is 0 Å². The summed E-state index contributed by atoms with van der Waals surface area (Å²) in [6.07, 6.45) is 2.15. The Morgan fingerprint density at radius 3 is 2.50 bits per heavy atom. The maximum Gasteiger partial charge on any atom is 0.173 e. The minimum absolute atomic E-state index is 0.164. The average molecular weight is 264 g/mol. The van der Waals surface area contributed by atoms with Crippen LogP contribution in [0.15, 0.2) is 16.6 Å². The summed E-state index contributed by atoms with van der Waals surface area (Å²) in [6, 6.07) is 3.12. The lowest BCUT2D eigenvalue weighted by Crippen LogP contribution is -2.01. The van der Waals surface area contributed by atoms with Crippen molar-refractivity contribution in [3.63, 3.8) is 0 Å². The Hall–Kier alpha value is -0.480. The number of unbranched alkanes of at least 4 members (excludes halogenated alkanes) is 1. The number of hydrogen-bond acceptors (Lipinski definition) is 1. The van der Waals surface area contributed by atoms with Gasteiger partial charge in [-0.2, -0.15) is 0 Å². The second kappa shape index (κ2) is 5.41. The minimum Gasteiger partial charge on any atom is -0.330 e. The smallest absolute Gasteiger partial charge is 0.173 e. The second-order valence-corrected chi connectivity index (χ2v) is 3.93. The summed E-state index contributed by atoms with van der Waals surface area (Å²) < 4.78 is 26.5. The van der Waals surface area contributed by atoms with E-state index in [2.05, 4.69) is 15.9 Å². The van der Waals surface area contributed by atoms with Gasteiger partial charge in [0.25, 0.3) is 0 Å². The van der Waals surface area contributed by atoms with E-state index in [0.717, 1.165) is 12.8 Å². The molecule has 2 N–H and O–H groups in total. The third-order valence-electron chi connectivity index (χ3n) is 2.02. The number of nitrogens with two attached hydrogens (primary N) is 1. The molecule has 0 amide bonds. The molecular formula is C10H12BrF2N. The zero-order valence-electron chi connectivity index (χ0n) is 7.69. The number of benzene rings is 1. The van der Waals surface area contributed by atoms with Crippen LogP contribution in [0.3, 0.4) is 0 Å². The Morgan fingerprint density at radius 1 is 1.14 bits per heavy atom. The lowest BCUT2D eigenvalue weighted by molar-refractivity contribution is 0.492. The first kappa shape index (κ1) is 11.6. The monoisotopic (exact) mass is 263 g/mol. The predicted octanol–water partition coefficient (Wildman–Crippen LogP) is 3.01. The average Bonchev–Trinajstić information content (AvgIpc) is 2.18. The molecule has 0 fully saturated rings. The predicted molar refractivity (Wildman–Crippen MR) is 56.1 cm³/mol. The first-order chi connectivity index (χ1) is 6.66. The molecular weight excluding hydrogens is 252 g/mol. The van der Waals surface area contributed by atoms with Gasteiger partial charge in [0.15, 0.2) is 11.6 Å². The standard InChI is InChI=1S/C10H12BrF2N/c11-8-5-4-7(3-1-2-6-14)9(12)10(8)13/h4-5H,1-3,6,14H2. The molecule has 14 heavy (non-hydrogen) atoms. The van der Waals surface area contributed by atoms with E-state index < -0.39 is 11.6 Å². The van der Waals surface area contributed by atoms with Crippen LogP contribution in [-0.2, 0) is 6.42 Å². The van der Waals surface area contributed by atoms with E-state index in [0.29, 0.717) is 18.5 Å². The first-order valence-corrected chi connectivity index (χ1v) is 5.28. The zero-order chi connectivity index (χ0) is 10.6. The second-order valence-electron chi connectivity index (χ2n) is 3.08. The Morgan fingerprint density at radius 2 is 1.86 bits per heavy atom. The van der Waals surface area contributed by atoms with Gasteiger partial charge in [0.05, 0.1) is 4.47 Å². The van der Waals surface area contributed by atoms with Crippen molar-refractivity contribution in [3.05, 3.63) is 33.8 Å². The van der Waals surface area contributed by atoms with E-state index >= 15 is 0 Å². The number of hydrogen-bond donors (Lipinski definition) is 1. The van der Waals surface area contributed by atoms with Crippen LogP contribution in [0.1, 0.15) is 18.4 Å². The van der Waals surface area contributed by atoms with Crippen LogP contribution < -0.4 is 5.73 Å². The molecule has 0 spiro atoms. The van der Waals surface area contributed by atoms with E-state index in [9.17, 15) is 8.78 Å². The molecule has 1 nitrogen and oxygen atoms in total. The summed E-state index contributed by atoms with van der Waals surface area (Å²) in [6.45, 7) is 0.584. The van der Waals surface area contributed by atoms with Gasteiger partial charge in [-0.3, -0.25) is 0 Å². The zero-order valence-corrected chi connectivity index (χ0v) is 9.28. The molecule has 0 saturated carbocycles. The molecule has 78 valence electrons. The van der Waals surface area contributed by atoms with Gasteiger partial charge >= 0.3 is 0 Å². The molecule has 0 atom stereocenters. The van der Waals surface area contributed by atoms with Crippen molar-refractivity contribution in [1.82, 2.24) is 0 Å². The van der Waals surface area contributed by atoms with Gasteiger partial charge in [-0.05, 0) is 53.4 Å². The van der Waals surface area contributed by atoms with E-state index in [1.54, 1.807) is 6.07 Å². The molecule has 0 aliphatic carbocycles. The van der Waals surface area contributed by atoms with Crippen molar-refractivity contribution in [2.24, 2.45) is 5.73 Å². The molecule has 0 aromatic heterocycles. The Kier molecular flexibility index (Phi) is 4.48. The third kappa shape index (κ3) is 2.75. The van der Waals surface area contributed by atoms with Gasteiger partial charge in [-0.15, -0.1) is 0 Å². The fourth-order valence-corrected chi connectivity index (χ4v) is 1.52. The molecule has 1 aromatic carbocycles. The molecule has 4 heteroatoms. The van der Waals surface area contributed by atoms with E-state index in [1.165, 1.54) is 6.07 Å². The summed E-state index contributed by atoms with van der Waals surface area (Å²) in [7, 11) is 0. The highest BCUT2D eigenvalue weighted by Gasteiger charge is 2.10. The Balaban J connectivity index is 2.73. The summed E-state index contributed by atoms with van der Waals surface area (Å²) in [5, 5.41) is 0. The van der Waals surface area contributed by atoms with Gasteiger partial charge in [-0.1, -0.05) is 6.07 Å². The van der Waals surface area contributed by atoms with Crippen molar-refractivity contribution in [2.45, 2.75) is 19.3 Å². The van der Waals surface area contributed by atoms with Gasteiger partial charge in [-0.25, -0.2) is 8.78 Å². The lowest BCUT2D eigenvalue weighted by Gasteiger charge is -2.04. The van der Waals surface area contributed by atoms with Crippen molar-refractivity contribution in [1.29, 1.82) is 0 Å². The quantitative estimate of drug-likeness (QED) is 0.656. The Bertz CT molecular complexity index is 315. The van der Waals surface area contributed by atoms with Crippen molar-refractivity contribution in [3.8, 4) is 0 Å². The molecule has 0 saturated heterocycles. The van der Waals surface area contributed by atoms with Crippen molar-refractivity contribution < 1.29 is 8.78 Å². The molecule has 1 rings (SSSR count). The third-order valence-corrected chi connectivity index (χ3v) is 2.63. The number of rotatable bonds is 4. The van der Waals surface area contributed by atoms with Crippen LogP contribution in [0.4, 0.5) is 8.78 Å². The first-order valence-electron chi connectivity index (χ1n) is 4.49. The van der Waals surface area contributed by atoms with Crippen LogP contribution in [0.25, 0.3) is 0 Å². The topological polar surface area (TPSA) is 26.0 Å². The van der Waals surface area contributed by atoms with E-state index in [1.807, 2.05) is 0 Å². The maximum atomic E-state index is 13.3. The minimum atomic E-state index is -0.810. The van der Waals surface area contributed by atoms with Crippen LogP contribution in [0.2, 0.25) is 0 Å². The molecule has 0 aliphatic heterocycles. The molecule has 1 aromatic rings.